The van der Waals surface area contributed by atoms with Crippen LogP contribution in [0.3, 0.4) is 0 Å². The third-order valence-corrected chi connectivity index (χ3v) is 3.74. The number of halogens is 2. The number of rotatable bonds is 7. The minimum Gasteiger partial charge on any atom is -0.490 e. The molecule has 0 aliphatic rings. The molecule has 0 aliphatic carbocycles. The van der Waals surface area contributed by atoms with Gasteiger partial charge in [-0.2, -0.15) is 0 Å². The molecule has 1 rings (SSSR count). The molecule has 0 atom stereocenters. The first-order chi connectivity index (χ1) is 8.86. The highest BCUT2D eigenvalue weighted by Gasteiger charge is 2.15. The number of benzene rings is 1. The van der Waals surface area contributed by atoms with Crippen LogP contribution >= 0.6 is 23.2 Å². The monoisotopic (exact) mass is 327 g/mol. The third kappa shape index (κ3) is 5.16. The summed E-state index contributed by atoms with van der Waals surface area (Å²) in [6.07, 6.45) is 1.62. The molecule has 1 aromatic carbocycles. The van der Waals surface area contributed by atoms with E-state index in [1.165, 1.54) is 12.1 Å². The summed E-state index contributed by atoms with van der Waals surface area (Å²) in [5.41, 5.74) is 0. The minimum absolute atomic E-state index is 0.114. The Hall–Kier alpha value is -0.530. The van der Waals surface area contributed by atoms with Crippen molar-refractivity contribution in [2.24, 2.45) is 5.14 Å². The summed E-state index contributed by atoms with van der Waals surface area (Å²) in [6, 6.07) is 2.43. The van der Waals surface area contributed by atoms with Crippen LogP contribution < -0.4 is 9.88 Å². The highest BCUT2D eigenvalue weighted by Crippen LogP contribution is 2.35. The topological polar surface area (TPSA) is 78.6 Å². The van der Waals surface area contributed by atoms with Gasteiger partial charge in [-0.05, 0) is 25.0 Å². The largest absolute Gasteiger partial charge is 0.490 e. The Morgan fingerprint density at radius 2 is 1.68 bits per heavy atom. The second kappa shape index (κ2) is 7.31. The molecule has 0 radical (unpaired) electrons. The molecule has 8 heteroatoms. The second-order valence-corrected chi connectivity index (χ2v) is 6.19. The van der Waals surface area contributed by atoms with Gasteiger partial charge in [-0.25, -0.2) is 13.6 Å². The van der Waals surface area contributed by atoms with Gasteiger partial charge in [0.15, 0.2) is 5.75 Å². The fraction of sp³-hybridized carbons (Fsp3) is 0.455. The van der Waals surface area contributed by atoms with E-state index in [1.807, 2.05) is 0 Å². The lowest BCUT2D eigenvalue weighted by Gasteiger charge is -2.11. The summed E-state index contributed by atoms with van der Waals surface area (Å²) < 4.78 is 32.7. The highest BCUT2D eigenvalue weighted by atomic mass is 35.5. The Kier molecular flexibility index (Phi) is 6.35. The van der Waals surface area contributed by atoms with Crippen LogP contribution in [0.5, 0.6) is 5.75 Å². The average Bonchev–Trinajstić information content (AvgIpc) is 2.30. The molecule has 5 nitrogen and oxygen atoms in total. The lowest BCUT2D eigenvalue weighted by molar-refractivity contribution is 0.184. The Morgan fingerprint density at radius 1 is 1.16 bits per heavy atom. The molecule has 2 N–H and O–H groups in total. The first kappa shape index (κ1) is 16.5. The zero-order chi connectivity index (χ0) is 14.5. The van der Waals surface area contributed by atoms with Gasteiger partial charge in [0.1, 0.15) is 0 Å². The van der Waals surface area contributed by atoms with Crippen molar-refractivity contribution in [3.05, 3.63) is 22.2 Å². The van der Waals surface area contributed by atoms with E-state index in [1.54, 1.807) is 7.11 Å². The average molecular weight is 328 g/mol. The van der Waals surface area contributed by atoms with Gasteiger partial charge in [0.2, 0.25) is 10.0 Å². The van der Waals surface area contributed by atoms with E-state index in [4.69, 9.17) is 37.8 Å². The van der Waals surface area contributed by atoms with Crippen molar-refractivity contribution in [1.29, 1.82) is 0 Å². The van der Waals surface area contributed by atoms with Crippen molar-refractivity contribution in [2.75, 3.05) is 20.3 Å². The van der Waals surface area contributed by atoms with Gasteiger partial charge in [-0.15, -0.1) is 0 Å². The Bertz CT molecular complexity index is 510. The van der Waals surface area contributed by atoms with Crippen LogP contribution in [0, 0.1) is 0 Å². The molecule has 108 valence electrons. The van der Waals surface area contributed by atoms with E-state index in [-0.39, 0.29) is 20.7 Å². The number of hydrogen-bond acceptors (Lipinski definition) is 4. The first-order valence-corrected chi connectivity index (χ1v) is 7.80. The normalized spacial score (nSPS) is 11.6. The quantitative estimate of drug-likeness (QED) is 0.780. The molecule has 0 unspecified atom stereocenters. The standard InChI is InChI=1S/C11H15Cl2NO4S/c1-17-4-2-3-5-18-11-9(12)6-8(7-10(11)13)19(14,15)16/h6-7H,2-5H2,1H3,(H2,14,15,16). The number of primary sulfonamides is 1. The number of ether oxygens (including phenoxy) is 2. The van der Waals surface area contributed by atoms with Crippen LogP contribution in [0.1, 0.15) is 12.8 Å². The Morgan fingerprint density at radius 3 is 2.16 bits per heavy atom. The van der Waals surface area contributed by atoms with Gasteiger partial charge in [-0.1, -0.05) is 23.2 Å². The Labute approximate surface area is 122 Å². The molecule has 0 spiro atoms. The predicted molar refractivity (Wildman–Crippen MR) is 74.4 cm³/mol. The molecule has 0 saturated carbocycles. The molecular formula is C11H15Cl2NO4S. The smallest absolute Gasteiger partial charge is 0.238 e. The molecule has 0 amide bonds. The van der Waals surface area contributed by atoms with Crippen LogP contribution in [0.15, 0.2) is 17.0 Å². The second-order valence-electron chi connectivity index (χ2n) is 3.81. The van der Waals surface area contributed by atoms with Gasteiger partial charge >= 0.3 is 0 Å². The van der Waals surface area contributed by atoms with E-state index >= 15 is 0 Å². The first-order valence-electron chi connectivity index (χ1n) is 5.50. The van der Waals surface area contributed by atoms with Gasteiger partial charge in [0, 0.05) is 13.7 Å². The van der Waals surface area contributed by atoms with Crippen LogP contribution in [0.4, 0.5) is 0 Å². The summed E-state index contributed by atoms with van der Waals surface area (Å²) in [5, 5.41) is 5.23. The van der Waals surface area contributed by atoms with Crippen molar-refractivity contribution in [3.63, 3.8) is 0 Å². The number of unbranched alkanes of at least 4 members (excludes halogenated alkanes) is 1. The van der Waals surface area contributed by atoms with Gasteiger partial charge in [0.05, 0.1) is 21.5 Å². The van der Waals surface area contributed by atoms with Crippen molar-refractivity contribution in [2.45, 2.75) is 17.7 Å². The van der Waals surface area contributed by atoms with Gasteiger partial charge < -0.3 is 9.47 Å². The van der Waals surface area contributed by atoms with Crippen LogP contribution in [-0.4, -0.2) is 28.7 Å². The van der Waals surface area contributed by atoms with Crippen LogP contribution in [0.2, 0.25) is 10.0 Å². The zero-order valence-electron chi connectivity index (χ0n) is 10.4. The number of nitrogens with two attached hydrogens (primary N) is 1. The molecular weight excluding hydrogens is 313 g/mol. The fourth-order valence-corrected chi connectivity index (χ4v) is 2.65. The van der Waals surface area contributed by atoms with E-state index in [2.05, 4.69) is 0 Å². The highest BCUT2D eigenvalue weighted by molar-refractivity contribution is 7.89. The maximum absolute atomic E-state index is 11.2. The van der Waals surface area contributed by atoms with Crippen LogP contribution in [-0.2, 0) is 14.8 Å². The van der Waals surface area contributed by atoms with Gasteiger partial charge in [-0.3, -0.25) is 0 Å². The van der Waals surface area contributed by atoms with Crippen molar-refractivity contribution < 1.29 is 17.9 Å². The molecule has 0 fully saturated rings. The summed E-state index contributed by atoms with van der Waals surface area (Å²) in [4.78, 5) is -0.144. The van der Waals surface area contributed by atoms with Gasteiger partial charge in [0.25, 0.3) is 0 Å². The minimum atomic E-state index is -3.84. The zero-order valence-corrected chi connectivity index (χ0v) is 12.7. The molecule has 0 aromatic heterocycles. The molecule has 0 aliphatic heterocycles. The molecule has 0 heterocycles. The molecule has 0 saturated heterocycles. The summed E-state index contributed by atoms with van der Waals surface area (Å²) in [5.74, 6) is 0.258. The van der Waals surface area contributed by atoms with Crippen molar-refractivity contribution in [1.82, 2.24) is 0 Å². The van der Waals surface area contributed by atoms with Crippen molar-refractivity contribution in [3.8, 4) is 5.75 Å². The fourth-order valence-electron chi connectivity index (χ4n) is 1.36. The lowest BCUT2D eigenvalue weighted by Crippen LogP contribution is -2.12. The van der Waals surface area contributed by atoms with E-state index < -0.39 is 10.0 Å². The number of methoxy groups -OCH3 is 1. The van der Waals surface area contributed by atoms with Crippen LogP contribution in [0.25, 0.3) is 0 Å². The summed E-state index contributed by atoms with van der Waals surface area (Å²) in [6.45, 7) is 1.06. The molecule has 19 heavy (non-hydrogen) atoms. The Balaban J connectivity index is 2.75. The maximum Gasteiger partial charge on any atom is 0.238 e. The predicted octanol–water partition coefficient (Wildman–Crippen LogP) is 2.45. The summed E-state index contributed by atoms with van der Waals surface area (Å²) >= 11 is 11.9. The molecule has 0 bridgehead atoms. The lowest BCUT2D eigenvalue weighted by atomic mass is 10.3. The maximum atomic E-state index is 11.2. The molecule has 1 aromatic rings. The van der Waals surface area contributed by atoms with E-state index in [0.717, 1.165) is 12.8 Å². The van der Waals surface area contributed by atoms with E-state index in [9.17, 15) is 8.42 Å². The number of hydrogen-bond donors (Lipinski definition) is 1. The SMILES string of the molecule is COCCCCOc1c(Cl)cc(S(N)(=O)=O)cc1Cl. The van der Waals surface area contributed by atoms with Crippen molar-refractivity contribution >= 4 is 33.2 Å². The van der Waals surface area contributed by atoms with E-state index in [0.29, 0.717) is 13.2 Å². The third-order valence-electron chi connectivity index (χ3n) is 2.29. The number of sulfonamides is 1. The summed E-state index contributed by atoms with van der Waals surface area (Å²) in [7, 11) is -2.21.